The van der Waals surface area contributed by atoms with Crippen molar-refractivity contribution in [3.63, 3.8) is 0 Å². The van der Waals surface area contributed by atoms with Crippen molar-refractivity contribution in [1.82, 2.24) is 0 Å². The molecule has 0 aliphatic heterocycles. The van der Waals surface area contributed by atoms with E-state index in [9.17, 15) is 9.59 Å². The van der Waals surface area contributed by atoms with E-state index in [0.717, 1.165) is 5.56 Å². The van der Waals surface area contributed by atoms with Crippen LogP contribution in [0.3, 0.4) is 0 Å². The molecule has 0 spiro atoms. The van der Waals surface area contributed by atoms with Crippen LogP contribution in [0.5, 0.6) is 11.5 Å². The molecule has 0 fully saturated rings. The number of anilines is 2. The van der Waals surface area contributed by atoms with Gasteiger partial charge in [0.15, 0.2) is 6.61 Å². The van der Waals surface area contributed by atoms with Crippen molar-refractivity contribution in [3.8, 4) is 11.5 Å². The summed E-state index contributed by atoms with van der Waals surface area (Å²) in [7, 11) is 1.57. The maximum Gasteiger partial charge on any atom is 0.293 e. The van der Waals surface area contributed by atoms with Gasteiger partial charge in [-0.25, -0.2) is 0 Å². The molecule has 7 nitrogen and oxygen atoms in total. The molecule has 2 amide bonds. The highest BCUT2D eigenvalue weighted by atomic mass is 16.5. The summed E-state index contributed by atoms with van der Waals surface area (Å²) in [6, 6.07) is 21.4. The number of para-hydroxylation sites is 1. The summed E-state index contributed by atoms with van der Waals surface area (Å²) in [5.74, 6) is 0.354. The van der Waals surface area contributed by atoms with E-state index in [1.54, 1.807) is 55.6 Å². The first-order chi connectivity index (χ1) is 15.5. The van der Waals surface area contributed by atoms with E-state index in [-0.39, 0.29) is 12.4 Å². The summed E-state index contributed by atoms with van der Waals surface area (Å²) in [6.45, 7) is 1.70. The zero-order chi connectivity index (χ0) is 22.5. The molecule has 0 bridgehead atoms. The summed E-state index contributed by atoms with van der Waals surface area (Å²) in [5.41, 5.74) is 2.44. The topological polar surface area (TPSA) is 89.8 Å². The van der Waals surface area contributed by atoms with Gasteiger partial charge < -0.3 is 24.5 Å². The van der Waals surface area contributed by atoms with Gasteiger partial charge in [0.1, 0.15) is 22.8 Å². The minimum absolute atomic E-state index is 0.0190. The maximum absolute atomic E-state index is 12.9. The number of methoxy groups -OCH3 is 1. The molecule has 162 valence electrons. The fourth-order valence-corrected chi connectivity index (χ4v) is 3.24. The first kappa shape index (κ1) is 21.0. The quantitative estimate of drug-likeness (QED) is 0.430. The number of fused-ring (bicyclic) bond motifs is 1. The summed E-state index contributed by atoms with van der Waals surface area (Å²) in [6.07, 6.45) is 0. The van der Waals surface area contributed by atoms with Gasteiger partial charge in [-0.1, -0.05) is 24.3 Å². The lowest BCUT2D eigenvalue weighted by Gasteiger charge is -2.09. The van der Waals surface area contributed by atoms with E-state index < -0.39 is 11.8 Å². The standard InChI is InChI=1S/C25H22N2O5/c1-16-6-5-7-17(14-16)26-25(29)24-23(20-8-3-4-9-21(20)32-24)27-22(28)15-31-19-12-10-18(30-2)11-13-19/h3-14H,15H2,1-2H3,(H,26,29)(H,27,28). The zero-order valence-corrected chi connectivity index (χ0v) is 17.7. The normalized spacial score (nSPS) is 10.6. The molecule has 1 heterocycles. The molecule has 0 saturated heterocycles. The van der Waals surface area contributed by atoms with Crippen molar-refractivity contribution in [1.29, 1.82) is 0 Å². The van der Waals surface area contributed by atoms with Crippen molar-refractivity contribution < 1.29 is 23.5 Å². The molecule has 0 atom stereocenters. The van der Waals surface area contributed by atoms with Crippen LogP contribution in [-0.4, -0.2) is 25.5 Å². The number of furan rings is 1. The number of ether oxygens (including phenoxy) is 2. The third-order valence-corrected chi connectivity index (χ3v) is 4.77. The number of carbonyl (C=O) groups excluding carboxylic acids is 2. The van der Waals surface area contributed by atoms with Crippen LogP contribution in [-0.2, 0) is 4.79 Å². The number of rotatable bonds is 7. The predicted molar refractivity (Wildman–Crippen MR) is 122 cm³/mol. The Balaban J connectivity index is 1.52. The maximum atomic E-state index is 12.9. The average Bonchev–Trinajstić information content (AvgIpc) is 3.16. The SMILES string of the molecule is COc1ccc(OCC(=O)Nc2c(C(=O)Nc3cccc(C)c3)oc3ccccc23)cc1. The van der Waals surface area contributed by atoms with Crippen molar-refractivity contribution in [2.24, 2.45) is 0 Å². The second kappa shape index (κ2) is 9.26. The highest BCUT2D eigenvalue weighted by molar-refractivity contribution is 6.14. The van der Waals surface area contributed by atoms with Crippen LogP contribution >= 0.6 is 0 Å². The Hall–Kier alpha value is -4.26. The van der Waals surface area contributed by atoms with Crippen LogP contribution in [0.15, 0.2) is 77.2 Å². The Morgan fingerprint density at radius 3 is 2.41 bits per heavy atom. The highest BCUT2D eigenvalue weighted by Crippen LogP contribution is 2.31. The van der Waals surface area contributed by atoms with Gasteiger partial charge in [0, 0.05) is 11.1 Å². The Morgan fingerprint density at radius 2 is 1.66 bits per heavy atom. The summed E-state index contributed by atoms with van der Waals surface area (Å²) < 4.78 is 16.4. The Labute approximate surface area is 184 Å². The Morgan fingerprint density at radius 1 is 0.906 bits per heavy atom. The fraction of sp³-hybridized carbons (Fsp3) is 0.120. The highest BCUT2D eigenvalue weighted by Gasteiger charge is 2.22. The molecule has 0 aliphatic rings. The second-order valence-corrected chi connectivity index (χ2v) is 7.14. The summed E-state index contributed by atoms with van der Waals surface area (Å²) in [5, 5.41) is 6.20. The van der Waals surface area contributed by atoms with Gasteiger partial charge in [-0.05, 0) is 61.0 Å². The van der Waals surface area contributed by atoms with Crippen LogP contribution in [0.2, 0.25) is 0 Å². The molecule has 0 unspecified atom stereocenters. The molecule has 2 N–H and O–H groups in total. The molecule has 32 heavy (non-hydrogen) atoms. The van der Waals surface area contributed by atoms with Crippen molar-refractivity contribution in [2.75, 3.05) is 24.4 Å². The number of hydrogen-bond acceptors (Lipinski definition) is 5. The Bertz CT molecular complexity index is 1260. The van der Waals surface area contributed by atoms with Crippen molar-refractivity contribution >= 4 is 34.2 Å². The molecule has 4 aromatic rings. The van der Waals surface area contributed by atoms with Crippen LogP contribution in [0.25, 0.3) is 11.0 Å². The van der Waals surface area contributed by atoms with Crippen LogP contribution in [0, 0.1) is 6.92 Å². The third-order valence-electron chi connectivity index (χ3n) is 4.77. The third kappa shape index (κ3) is 4.73. The lowest BCUT2D eigenvalue weighted by Crippen LogP contribution is -2.22. The smallest absolute Gasteiger partial charge is 0.293 e. The number of aryl methyl sites for hydroxylation is 1. The first-order valence-corrected chi connectivity index (χ1v) is 10.00. The molecule has 1 aromatic heterocycles. The van der Waals surface area contributed by atoms with Crippen molar-refractivity contribution in [3.05, 3.63) is 84.1 Å². The van der Waals surface area contributed by atoms with Gasteiger partial charge in [0.05, 0.1) is 7.11 Å². The van der Waals surface area contributed by atoms with E-state index in [2.05, 4.69) is 10.6 Å². The van der Waals surface area contributed by atoms with E-state index in [0.29, 0.717) is 33.8 Å². The van der Waals surface area contributed by atoms with Gasteiger partial charge in [0.25, 0.3) is 11.8 Å². The summed E-state index contributed by atoms with van der Waals surface area (Å²) in [4.78, 5) is 25.5. The van der Waals surface area contributed by atoms with E-state index in [4.69, 9.17) is 13.9 Å². The number of carbonyl (C=O) groups is 2. The molecular formula is C25H22N2O5. The molecule has 3 aromatic carbocycles. The van der Waals surface area contributed by atoms with Gasteiger partial charge in [-0.3, -0.25) is 9.59 Å². The molecular weight excluding hydrogens is 408 g/mol. The molecule has 0 aliphatic carbocycles. The van der Waals surface area contributed by atoms with Gasteiger partial charge in [-0.2, -0.15) is 0 Å². The van der Waals surface area contributed by atoms with Crippen LogP contribution in [0.1, 0.15) is 16.1 Å². The van der Waals surface area contributed by atoms with Gasteiger partial charge >= 0.3 is 0 Å². The van der Waals surface area contributed by atoms with Crippen LogP contribution in [0.4, 0.5) is 11.4 Å². The minimum atomic E-state index is -0.460. The zero-order valence-electron chi connectivity index (χ0n) is 17.7. The molecule has 0 radical (unpaired) electrons. The van der Waals surface area contributed by atoms with Crippen molar-refractivity contribution in [2.45, 2.75) is 6.92 Å². The first-order valence-electron chi connectivity index (χ1n) is 10.00. The van der Waals surface area contributed by atoms with Gasteiger partial charge in [0.2, 0.25) is 5.76 Å². The summed E-state index contributed by atoms with van der Waals surface area (Å²) >= 11 is 0. The lowest BCUT2D eigenvalue weighted by atomic mass is 10.2. The predicted octanol–water partition coefficient (Wildman–Crippen LogP) is 5.02. The number of amides is 2. The van der Waals surface area contributed by atoms with E-state index >= 15 is 0 Å². The van der Waals surface area contributed by atoms with Gasteiger partial charge in [-0.15, -0.1) is 0 Å². The number of benzene rings is 3. The molecule has 0 saturated carbocycles. The lowest BCUT2D eigenvalue weighted by molar-refractivity contribution is -0.118. The molecule has 7 heteroatoms. The Kier molecular flexibility index (Phi) is 6.07. The number of hydrogen-bond donors (Lipinski definition) is 2. The second-order valence-electron chi connectivity index (χ2n) is 7.14. The number of nitrogens with one attached hydrogen (secondary N) is 2. The minimum Gasteiger partial charge on any atom is -0.497 e. The fourth-order valence-electron chi connectivity index (χ4n) is 3.24. The van der Waals surface area contributed by atoms with E-state index in [1.807, 2.05) is 31.2 Å². The molecule has 4 rings (SSSR count). The van der Waals surface area contributed by atoms with E-state index in [1.165, 1.54) is 0 Å². The van der Waals surface area contributed by atoms with Crippen LogP contribution < -0.4 is 20.1 Å². The monoisotopic (exact) mass is 430 g/mol. The largest absolute Gasteiger partial charge is 0.497 e. The average molecular weight is 430 g/mol.